The zero-order valence-electron chi connectivity index (χ0n) is 14.5. The number of rotatable bonds is 0. The Balaban J connectivity index is 1.71. The average Bonchev–Trinajstić information content (AvgIpc) is 2.57. The van der Waals surface area contributed by atoms with E-state index in [2.05, 4.69) is 13.5 Å². The van der Waals surface area contributed by atoms with Crippen LogP contribution in [0.15, 0.2) is 12.2 Å². The van der Waals surface area contributed by atoms with Gasteiger partial charge < -0.3 is 14.9 Å². The summed E-state index contributed by atoms with van der Waals surface area (Å²) in [7, 11) is 0. The van der Waals surface area contributed by atoms with Gasteiger partial charge in [-0.2, -0.15) is 0 Å². The predicted octanol–water partition coefficient (Wildman–Crippen LogP) is 2.43. The molecule has 4 heteroatoms. The molecule has 0 amide bonds. The summed E-state index contributed by atoms with van der Waals surface area (Å²) in [6, 6.07) is 0. The van der Waals surface area contributed by atoms with Gasteiger partial charge in [0, 0.05) is 10.8 Å². The molecule has 2 N–H and O–H groups in total. The minimum Gasteiger partial charge on any atom is -0.465 e. The highest BCUT2D eigenvalue weighted by Crippen LogP contribution is 2.73. The first kappa shape index (κ1) is 15.4. The molecule has 0 aromatic heterocycles. The molecular weight excluding hydrogens is 304 g/mol. The molecule has 0 unspecified atom stereocenters. The zero-order valence-corrected chi connectivity index (χ0v) is 14.5. The normalized spacial score (nSPS) is 58.7. The highest BCUT2D eigenvalue weighted by Gasteiger charge is 2.75. The number of fused-ring (bicyclic) bond motifs is 2. The van der Waals surface area contributed by atoms with Gasteiger partial charge in [0.25, 0.3) is 0 Å². The lowest BCUT2D eigenvalue weighted by molar-refractivity contribution is -0.278. The quantitative estimate of drug-likeness (QED) is 0.528. The van der Waals surface area contributed by atoms with Gasteiger partial charge in [-0.05, 0) is 61.9 Å². The molecule has 8 atom stereocenters. The van der Waals surface area contributed by atoms with Crippen molar-refractivity contribution in [1.82, 2.24) is 0 Å². The maximum atomic E-state index is 13.1. The van der Waals surface area contributed by atoms with Crippen LogP contribution in [0.1, 0.15) is 51.9 Å². The lowest BCUT2D eigenvalue weighted by Gasteiger charge is -2.71. The van der Waals surface area contributed by atoms with Crippen LogP contribution < -0.4 is 0 Å². The number of ether oxygens (including phenoxy) is 1. The molecule has 132 valence electrons. The van der Waals surface area contributed by atoms with E-state index in [0.29, 0.717) is 13.0 Å². The molecule has 24 heavy (non-hydrogen) atoms. The number of aliphatic hydroxyl groups is 2. The van der Waals surface area contributed by atoms with Gasteiger partial charge in [0.2, 0.25) is 0 Å². The largest absolute Gasteiger partial charge is 0.465 e. The smallest absolute Gasteiger partial charge is 0.312 e. The molecule has 1 aliphatic heterocycles. The molecule has 6 rings (SSSR count). The van der Waals surface area contributed by atoms with Gasteiger partial charge >= 0.3 is 5.97 Å². The van der Waals surface area contributed by atoms with Crippen LogP contribution in [0.2, 0.25) is 0 Å². The Labute approximate surface area is 143 Å². The number of hydrogen-bond donors (Lipinski definition) is 2. The Morgan fingerprint density at radius 2 is 1.96 bits per heavy atom. The maximum absolute atomic E-state index is 13.1. The van der Waals surface area contributed by atoms with Gasteiger partial charge in [-0.3, -0.25) is 4.79 Å². The highest BCUT2D eigenvalue weighted by molar-refractivity contribution is 5.80. The molecule has 1 heterocycles. The van der Waals surface area contributed by atoms with E-state index < -0.39 is 23.0 Å². The Hall–Kier alpha value is -0.870. The molecule has 0 radical (unpaired) electrons. The minimum atomic E-state index is -0.678. The van der Waals surface area contributed by atoms with Crippen molar-refractivity contribution < 1.29 is 19.7 Å². The lowest BCUT2D eigenvalue weighted by atomic mass is 9.34. The summed E-state index contributed by atoms with van der Waals surface area (Å²) in [4.78, 5) is 13.1. The van der Waals surface area contributed by atoms with Gasteiger partial charge in [-0.25, -0.2) is 0 Å². The zero-order chi connectivity index (χ0) is 16.9. The molecule has 1 spiro atoms. The van der Waals surface area contributed by atoms with Gasteiger partial charge in [-0.1, -0.05) is 19.9 Å². The topological polar surface area (TPSA) is 66.8 Å². The van der Waals surface area contributed by atoms with Gasteiger partial charge in [0.15, 0.2) is 0 Å². The lowest BCUT2D eigenvalue weighted by Crippen LogP contribution is -2.73. The molecule has 4 bridgehead atoms. The molecule has 0 aromatic rings. The second kappa shape index (κ2) is 4.45. The minimum absolute atomic E-state index is 0.0204. The number of aliphatic hydroxyl groups excluding tert-OH is 2. The van der Waals surface area contributed by atoms with Crippen molar-refractivity contribution in [3.63, 3.8) is 0 Å². The summed E-state index contributed by atoms with van der Waals surface area (Å²) in [5.74, 6) is 0.456. The van der Waals surface area contributed by atoms with E-state index in [1.807, 2.05) is 0 Å². The first-order valence-electron chi connectivity index (χ1n) is 9.58. The standard InChI is InChI=1S/C20H28O4/c1-11-12-4-7-20(16(11)22)14(8-12)19-6-3-5-18(2,10-24-17(19)23)13(19)9-15(20)21/h12-16,21-22H,1,3-10H2,2H3/t12-,13+,14-,15+,16-,18-,19-,20+/m0/s1. The van der Waals surface area contributed by atoms with Crippen LogP contribution in [0.4, 0.5) is 0 Å². The summed E-state index contributed by atoms with van der Waals surface area (Å²) < 4.78 is 5.73. The molecule has 5 aliphatic carbocycles. The molecular formula is C20H28O4. The number of hydrogen-bond acceptors (Lipinski definition) is 4. The monoisotopic (exact) mass is 332 g/mol. The second-order valence-corrected chi connectivity index (χ2v) is 9.54. The van der Waals surface area contributed by atoms with Crippen molar-refractivity contribution in [3.05, 3.63) is 12.2 Å². The van der Waals surface area contributed by atoms with Crippen molar-refractivity contribution in [2.24, 2.45) is 34.0 Å². The fourth-order valence-electron chi connectivity index (χ4n) is 7.76. The van der Waals surface area contributed by atoms with E-state index in [0.717, 1.165) is 44.1 Å². The van der Waals surface area contributed by atoms with Crippen LogP contribution in [0.5, 0.6) is 0 Å². The van der Waals surface area contributed by atoms with E-state index in [9.17, 15) is 15.0 Å². The molecule has 6 fully saturated rings. The maximum Gasteiger partial charge on any atom is 0.312 e. The van der Waals surface area contributed by atoms with E-state index in [4.69, 9.17) is 4.74 Å². The Morgan fingerprint density at radius 1 is 1.17 bits per heavy atom. The fraction of sp³-hybridized carbons (Fsp3) is 0.850. The third-order valence-corrected chi connectivity index (χ3v) is 8.90. The summed E-state index contributed by atoms with van der Waals surface area (Å²) in [5.41, 5.74) is -0.219. The van der Waals surface area contributed by atoms with Crippen LogP contribution >= 0.6 is 0 Å². The van der Waals surface area contributed by atoms with Crippen LogP contribution in [-0.4, -0.2) is 35.0 Å². The predicted molar refractivity (Wildman–Crippen MR) is 87.9 cm³/mol. The van der Waals surface area contributed by atoms with Gasteiger partial charge in [-0.15, -0.1) is 0 Å². The first-order valence-corrected chi connectivity index (χ1v) is 9.58. The van der Waals surface area contributed by atoms with E-state index >= 15 is 0 Å². The highest BCUT2D eigenvalue weighted by atomic mass is 16.5. The third kappa shape index (κ3) is 1.44. The number of carbonyl (C=O) groups is 1. The van der Waals surface area contributed by atoms with Crippen molar-refractivity contribution in [2.75, 3.05) is 6.61 Å². The summed E-state index contributed by atoms with van der Waals surface area (Å²) in [6.07, 6.45) is 5.05. The van der Waals surface area contributed by atoms with Crippen molar-refractivity contribution in [3.8, 4) is 0 Å². The molecule has 5 saturated carbocycles. The van der Waals surface area contributed by atoms with Crippen molar-refractivity contribution in [2.45, 2.75) is 64.1 Å². The van der Waals surface area contributed by atoms with Crippen LogP contribution in [-0.2, 0) is 9.53 Å². The summed E-state index contributed by atoms with van der Waals surface area (Å²) >= 11 is 0. The molecule has 1 saturated heterocycles. The van der Waals surface area contributed by atoms with E-state index in [1.165, 1.54) is 0 Å². The second-order valence-electron chi connectivity index (χ2n) is 9.54. The van der Waals surface area contributed by atoms with Gasteiger partial charge in [0.05, 0.1) is 24.2 Å². The Bertz CT molecular complexity index is 629. The van der Waals surface area contributed by atoms with Crippen molar-refractivity contribution in [1.29, 1.82) is 0 Å². The van der Waals surface area contributed by atoms with E-state index in [-0.39, 0.29) is 29.1 Å². The molecule has 6 aliphatic rings. The Morgan fingerprint density at radius 3 is 2.75 bits per heavy atom. The SMILES string of the molecule is C=C1[C@H]2CC[C@@]3([C@H](O)C[C@@H]4[C@@]5(C)CCC[C@@]4(C(=O)OC5)[C@@H]3C2)[C@H]1O. The first-order chi connectivity index (χ1) is 11.4. The average molecular weight is 332 g/mol. The summed E-state index contributed by atoms with van der Waals surface area (Å²) in [6.45, 7) is 6.86. The summed E-state index contributed by atoms with van der Waals surface area (Å²) in [5, 5.41) is 22.3. The number of esters is 1. The van der Waals surface area contributed by atoms with Crippen molar-refractivity contribution >= 4 is 5.97 Å². The van der Waals surface area contributed by atoms with Crippen LogP contribution in [0.25, 0.3) is 0 Å². The number of carbonyl (C=O) groups excluding carboxylic acids is 1. The molecule has 4 nitrogen and oxygen atoms in total. The third-order valence-electron chi connectivity index (χ3n) is 8.90. The Kier molecular flexibility index (Phi) is 2.85. The fourth-order valence-corrected chi connectivity index (χ4v) is 7.76. The van der Waals surface area contributed by atoms with Crippen LogP contribution in [0.3, 0.4) is 0 Å². The molecule has 0 aromatic carbocycles. The van der Waals surface area contributed by atoms with Crippen LogP contribution in [0, 0.1) is 34.0 Å². The number of cyclic esters (lactones) is 1. The van der Waals surface area contributed by atoms with E-state index in [1.54, 1.807) is 0 Å². The van der Waals surface area contributed by atoms with Gasteiger partial charge in [0.1, 0.15) is 0 Å².